The molecule has 4 aromatic rings. The van der Waals surface area contributed by atoms with Crippen molar-refractivity contribution < 1.29 is 18.0 Å². The Bertz CT molecular complexity index is 1310. The number of benzene rings is 2. The molecule has 0 nitrogen and oxygen atoms in total. The van der Waals surface area contributed by atoms with Crippen LogP contribution in [-0.4, -0.2) is 5.43 Å². The average molecular weight is 603 g/mol. The maximum absolute atomic E-state index is 5.62. The van der Waals surface area contributed by atoms with Gasteiger partial charge in [-0.1, -0.05) is 94.1 Å². The average Bonchev–Trinajstić information content (AvgIpc) is 3.28. The summed E-state index contributed by atoms with van der Waals surface area (Å²) >= 11 is -1.65. The van der Waals surface area contributed by atoms with Gasteiger partial charge in [-0.2, -0.15) is 28.3 Å². The van der Waals surface area contributed by atoms with Crippen LogP contribution in [0.4, 0.5) is 0 Å². The molecule has 0 unspecified atom stereocenters. The third-order valence-electron chi connectivity index (χ3n) is 7.36. The van der Waals surface area contributed by atoms with Crippen molar-refractivity contribution in [1.29, 1.82) is 0 Å². The second kappa shape index (κ2) is 13.0. The summed E-state index contributed by atoms with van der Waals surface area (Å²) in [5, 5.41) is 2.86. The summed E-state index contributed by atoms with van der Waals surface area (Å²) in [6.45, 7) is 24.2. The Labute approximate surface area is 228 Å². The minimum absolute atomic E-state index is 0.224. The molecular formula is C31H40Cl2SiZr-2. The van der Waals surface area contributed by atoms with E-state index in [0.717, 1.165) is 0 Å². The van der Waals surface area contributed by atoms with E-state index < -0.39 is 18.0 Å². The Morgan fingerprint density at radius 1 is 0.600 bits per heavy atom. The molecule has 0 bridgehead atoms. The van der Waals surface area contributed by atoms with Gasteiger partial charge in [0.25, 0.3) is 0 Å². The van der Waals surface area contributed by atoms with E-state index in [1.807, 2.05) is 0 Å². The molecule has 4 aromatic carbocycles. The van der Waals surface area contributed by atoms with E-state index in [-0.39, 0.29) is 5.43 Å². The zero-order valence-corrected chi connectivity index (χ0v) is 28.3. The van der Waals surface area contributed by atoms with Crippen molar-refractivity contribution in [2.24, 2.45) is 0 Å². The van der Waals surface area contributed by atoms with Crippen LogP contribution in [0.5, 0.6) is 0 Å². The normalized spacial score (nSPS) is 10.4. The van der Waals surface area contributed by atoms with Crippen molar-refractivity contribution in [2.75, 3.05) is 0 Å². The molecule has 35 heavy (non-hydrogen) atoms. The van der Waals surface area contributed by atoms with Gasteiger partial charge in [0.15, 0.2) is 0 Å². The van der Waals surface area contributed by atoms with Crippen molar-refractivity contribution in [3.8, 4) is 11.1 Å². The number of hydrogen-bond acceptors (Lipinski definition) is 0. The summed E-state index contributed by atoms with van der Waals surface area (Å²) < 4.78 is 0. The first-order valence-corrected chi connectivity index (χ1v) is 24.7. The van der Waals surface area contributed by atoms with Gasteiger partial charge < -0.3 is 0 Å². The molecule has 0 amide bonds. The zero-order chi connectivity index (χ0) is 26.6. The van der Waals surface area contributed by atoms with Gasteiger partial charge in [0.05, 0.1) is 0 Å². The van der Waals surface area contributed by atoms with Gasteiger partial charge in [0, 0.05) is 0 Å². The van der Waals surface area contributed by atoms with Crippen molar-refractivity contribution in [3.05, 3.63) is 92.5 Å². The van der Waals surface area contributed by atoms with Crippen LogP contribution in [0.15, 0.2) is 42.5 Å². The van der Waals surface area contributed by atoms with E-state index in [9.17, 15) is 0 Å². The van der Waals surface area contributed by atoms with Crippen LogP contribution in [0, 0.1) is 62.3 Å². The van der Waals surface area contributed by atoms with Gasteiger partial charge in [-0.25, -0.2) is 0 Å². The predicted octanol–water partition coefficient (Wildman–Crippen LogP) is 10.6. The topological polar surface area (TPSA) is 0 Å². The number of fused-ring (bicyclic) bond motifs is 1. The Balaban J connectivity index is 0.000000238. The van der Waals surface area contributed by atoms with E-state index >= 15 is 0 Å². The molecule has 0 saturated carbocycles. The number of halogens is 2. The van der Waals surface area contributed by atoms with Crippen LogP contribution in [0.2, 0.25) is 13.1 Å². The maximum atomic E-state index is 5.62. The Morgan fingerprint density at radius 3 is 1.46 bits per heavy atom. The zero-order valence-electron chi connectivity index (χ0n) is 23.3. The summed E-state index contributed by atoms with van der Waals surface area (Å²) in [5.41, 5.74) is 15.3. The molecule has 0 aliphatic rings. The number of rotatable bonds is 1. The van der Waals surface area contributed by atoms with Crippen molar-refractivity contribution >= 4 is 33.2 Å². The molecule has 0 spiro atoms. The summed E-state index contributed by atoms with van der Waals surface area (Å²) in [6.07, 6.45) is 0. The minimum Gasteiger partial charge on any atom is -0.196 e. The van der Waals surface area contributed by atoms with Gasteiger partial charge in [-0.3, -0.25) is 0 Å². The predicted molar refractivity (Wildman–Crippen MR) is 159 cm³/mol. The van der Waals surface area contributed by atoms with Crippen LogP contribution in [0.3, 0.4) is 0 Å². The third-order valence-corrected chi connectivity index (χ3v) is 27.1. The van der Waals surface area contributed by atoms with Gasteiger partial charge in [0.1, 0.15) is 0 Å². The van der Waals surface area contributed by atoms with E-state index in [1.165, 1.54) is 72.0 Å². The second-order valence-electron chi connectivity index (χ2n) is 9.88. The summed E-state index contributed by atoms with van der Waals surface area (Å²) in [5.74, 6) is 0. The van der Waals surface area contributed by atoms with Crippen molar-refractivity contribution in [2.45, 2.75) is 75.4 Å². The maximum Gasteiger partial charge on any atom is -0.0408 e. The molecule has 188 valence electrons. The number of hydrogen-bond donors (Lipinski definition) is 0. The quantitative estimate of drug-likeness (QED) is 0.150. The fraction of sp³-hybridized carbons (Fsp3) is 0.355. The molecule has 0 fully saturated rings. The van der Waals surface area contributed by atoms with Crippen molar-refractivity contribution in [1.82, 2.24) is 0 Å². The molecule has 0 aliphatic carbocycles. The molecule has 0 saturated heterocycles. The molecular weight excluding hydrogens is 563 g/mol. The first-order chi connectivity index (χ1) is 16.3. The molecule has 0 aliphatic heterocycles. The third kappa shape index (κ3) is 7.10. The molecule has 0 radical (unpaired) electrons. The first kappa shape index (κ1) is 30.3. The first-order valence-electron chi connectivity index (χ1n) is 12.2. The molecule has 4 rings (SSSR count). The fourth-order valence-electron chi connectivity index (χ4n) is 4.44. The summed E-state index contributed by atoms with van der Waals surface area (Å²) in [6, 6.07) is 15.3. The SMILES string of the molecule is C[Si](C)=[Zr]([Cl])[Cl].Cc1[cH-]c(C)c(C)c1C.Cc1[cH-]c2c(C)c(C)c(C)c(C)c2c1-c1ccccc1. The van der Waals surface area contributed by atoms with Crippen LogP contribution < -0.4 is 0 Å². The van der Waals surface area contributed by atoms with E-state index in [1.54, 1.807) is 0 Å². The Hall–Kier alpha value is -0.920. The Kier molecular flexibility index (Phi) is 11.3. The molecule has 0 atom stereocenters. The molecule has 0 aromatic heterocycles. The van der Waals surface area contributed by atoms with Crippen LogP contribution in [-0.2, 0) is 18.0 Å². The van der Waals surface area contributed by atoms with E-state index in [2.05, 4.69) is 118 Å². The standard InChI is InChI=1S/C20H21.C9H13.C2H6Si.2ClH.Zr/c1-12-11-18-15(4)13(2)14(3)16(5)20(18)19(12)17-9-7-6-8-10-17;1-6-5-7(2)9(4)8(6)3;1-3-2;;;/h6-11H,1-5H3;5H,1-4H3;1-2H3;2*1H;/q2*-1;;;;+2/p-2. The van der Waals surface area contributed by atoms with Gasteiger partial charge in [-0.05, 0) is 20.8 Å². The molecule has 4 heteroatoms. The largest absolute Gasteiger partial charge is 0.196 e. The van der Waals surface area contributed by atoms with E-state index in [0.29, 0.717) is 0 Å². The fourth-order valence-corrected chi connectivity index (χ4v) is 4.44. The van der Waals surface area contributed by atoms with Crippen LogP contribution in [0.1, 0.15) is 50.1 Å². The minimum atomic E-state index is -1.65. The van der Waals surface area contributed by atoms with E-state index in [4.69, 9.17) is 17.0 Å². The van der Waals surface area contributed by atoms with Gasteiger partial charge in [0.2, 0.25) is 0 Å². The smallest absolute Gasteiger partial charge is 0.0408 e. The summed E-state index contributed by atoms with van der Waals surface area (Å²) in [7, 11) is 11.2. The Morgan fingerprint density at radius 2 is 1.06 bits per heavy atom. The second-order valence-corrected chi connectivity index (χ2v) is 32.9. The number of aryl methyl sites for hydroxylation is 5. The van der Waals surface area contributed by atoms with Gasteiger partial charge >= 0.3 is 53.5 Å². The van der Waals surface area contributed by atoms with Crippen LogP contribution >= 0.6 is 17.0 Å². The molecule has 0 heterocycles. The molecule has 0 N–H and O–H groups in total. The van der Waals surface area contributed by atoms with Crippen LogP contribution in [0.25, 0.3) is 21.9 Å². The summed E-state index contributed by atoms with van der Waals surface area (Å²) in [4.78, 5) is 0. The monoisotopic (exact) mass is 600 g/mol. The van der Waals surface area contributed by atoms with Crippen molar-refractivity contribution in [3.63, 3.8) is 0 Å². The van der Waals surface area contributed by atoms with Gasteiger partial charge in [-0.15, -0.1) is 33.5 Å².